The number of methoxy groups -OCH3 is 1. The van der Waals surface area contributed by atoms with Crippen LogP contribution in [0.3, 0.4) is 0 Å². The highest BCUT2D eigenvalue weighted by atomic mass is 16.5. The number of hydrogen-bond donors (Lipinski definition) is 1. The van der Waals surface area contributed by atoms with Crippen molar-refractivity contribution >= 4 is 0 Å². The van der Waals surface area contributed by atoms with Crippen molar-refractivity contribution < 1.29 is 4.74 Å². The van der Waals surface area contributed by atoms with Crippen molar-refractivity contribution in [2.45, 2.75) is 38.9 Å². The van der Waals surface area contributed by atoms with Crippen LogP contribution in [0.2, 0.25) is 0 Å². The molecular formula is C15H25N3O. The first kappa shape index (κ1) is 14.4. The van der Waals surface area contributed by atoms with Crippen molar-refractivity contribution in [2.24, 2.45) is 11.7 Å². The summed E-state index contributed by atoms with van der Waals surface area (Å²) < 4.78 is 5.23. The van der Waals surface area contributed by atoms with Gasteiger partial charge in [-0.15, -0.1) is 0 Å². The Morgan fingerprint density at radius 2 is 2.32 bits per heavy atom. The number of rotatable bonds is 8. The largest absolute Gasteiger partial charge is 0.383 e. The minimum atomic E-state index is 0.504. The van der Waals surface area contributed by atoms with Gasteiger partial charge < -0.3 is 10.5 Å². The Labute approximate surface area is 116 Å². The monoisotopic (exact) mass is 263 g/mol. The van der Waals surface area contributed by atoms with Crippen LogP contribution in [0.5, 0.6) is 0 Å². The van der Waals surface area contributed by atoms with Crippen molar-refractivity contribution in [3.05, 3.63) is 29.6 Å². The highest BCUT2D eigenvalue weighted by Gasteiger charge is 2.31. The Kier molecular flexibility index (Phi) is 5.31. The van der Waals surface area contributed by atoms with Gasteiger partial charge in [0.1, 0.15) is 0 Å². The predicted octanol–water partition coefficient (Wildman–Crippen LogP) is 1.79. The van der Waals surface area contributed by atoms with E-state index in [1.165, 1.54) is 18.4 Å². The maximum Gasteiger partial charge on any atom is 0.0589 e. The van der Waals surface area contributed by atoms with E-state index < -0.39 is 0 Å². The molecule has 1 aliphatic rings. The maximum atomic E-state index is 5.65. The van der Waals surface area contributed by atoms with Crippen molar-refractivity contribution in [2.75, 3.05) is 20.3 Å². The second-order valence-electron chi connectivity index (χ2n) is 5.40. The summed E-state index contributed by atoms with van der Waals surface area (Å²) in [5.74, 6) is 0.868. The lowest BCUT2D eigenvalue weighted by Gasteiger charge is -2.29. The number of nitrogens with two attached hydrogens (primary N) is 1. The zero-order chi connectivity index (χ0) is 13.7. The van der Waals surface area contributed by atoms with Gasteiger partial charge in [-0.05, 0) is 43.4 Å². The normalized spacial score (nSPS) is 16.8. The molecule has 0 saturated heterocycles. The van der Waals surface area contributed by atoms with Gasteiger partial charge in [-0.2, -0.15) is 0 Å². The summed E-state index contributed by atoms with van der Waals surface area (Å²) in [4.78, 5) is 6.76. The molecule has 1 unspecified atom stereocenters. The van der Waals surface area contributed by atoms with Crippen LogP contribution in [-0.2, 0) is 17.8 Å². The van der Waals surface area contributed by atoms with Crippen LogP contribution < -0.4 is 5.73 Å². The van der Waals surface area contributed by atoms with Gasteiger partial charge >= 0.3 is 0 Å². The molecule has 106 valence electrons. The topological polar surface area (TPSA) is 51.4 Å². The minimum absolute atomic E-state index is 0.504. The van der Waals surface area contributed by atoms with E-state index in [1.807, 2.05) is 6.20 Å². The third-order valence-electron chi connectivity index (χ3n) is 3.94. The van der Waals surface area contributed by atoms with E-state index in [0.717, 1.165) is 31.3 Å². The number of hydrogen-bond acceptors (Lipinski definition) is 4. The fraction of sp³-hybridized carbons (Fsp3) is 0.667. The fourth-order valence-corrected chi connectivity index (χ4v) is 2.48. The SMILES string of the molecule is COCCN(Cc1ccnc(CN)c1)C(C)C1CC1. The zero-order valence-electron chi connectivity index (χ0n) is 12.0. The molecule has 1 aromatic rings. The Bertz CT molecular complexity index is 393. The second kappa shape index (κ2) is 6.98. The first-order valence-electron chi connectivity index (χ1n) is 7.11. The first-order chi connectivity index (χ1) is 9.24. The lowest BCUT2D eigenvalue weighted by atomic mass is 10.1. The molecule has 0 spiro atoms. The smallest absolute Gasteiger partial charge is 0.0589 e. The summed E-state index contributed by atoms with van der Waals surface area (Å²) in [5.41, 5.74) is 7.90. The quantitative estimate of drug-likeness (QED) is 0.777. The molecule has 0 aliphatic heterocycles. The molecule has 0 bridgehead atoms. The van der Waals surface area contributed by atoms with Crippen LogP contribution in [0.4, 0.5) is 0 Å². The molecule has 2 rings (SSSR count). The van der Waals surface area contributed by atoms with Gasteiger partial charge in [0.2, 0.25) is 0 Å². The van der Waals surface area contributed by atoms with Crippen LogP contribution >= 0.6 is 0 Å². The third kappa shape index (κ3) is 4.27. The molecule has 1 aromatic heterocycles. The van der Waals surface area contributed by atoms with Gasteiger partial charge in [-0.25, -0.2) is 0 Å². The van der Waals surface area contributed by atoms with E-state index in [4.69, 9.17) is 10.5 Å². The van der Waals surface area contributed by atoms with E-state index >= 15 is 0 Å². The van der Waals surface area contributed by atoms with Gasteiger partial charge in [0.25, 0.3) is 0 Å². The van der Waals surface area contributed by atoms with Gasteiger partial charge in [-0.1, -0.05) is 0 Å². The molecule has 19 heavy (non-hydrogen) atoms. The van der Waals surface area contributed by atoms with Crippen molar-refractivity contribution in [3.63, 3.8) is 0 Å². The molecule has 1 atom stereocenters. The fourth-order valence-electron chi connectivity index (χ4n) is 2.48. The molecule has 0 amide bonds. The summed E-state index contributed by atoms with van der Waals surface area (Å²) in [6.45, 7) is 5.55. The summed E-state index contributed by atoms with van der Waals surface area (Å²) in [5, 5.41) is 0. The Morgan fingerprint density at radius 1 is 1.53 bits per heavy atom. The maximum absolute atomic E-state index is 5.65. The average molecular weight is 263 g/mol. The average Bonchev–Trinajstić information content (AvgIpc) is 3.27. The van der Waals surface area contributed by atoms with Crippen LogP contribution in [0, 0.1) is 5.92 Å². The molecule has 4 nitrogen and oxygen atoms in total. The van der Waals surface area contributed by atoms with Crippen LogP contribution in [0.25, 0.3) is 0 Å². The Balaban J connectivity index is 2.00. The highest BCUT2D eigenvalue weighted by Crippen LogP contribution is 2.35. The van der Waals surface area contributed by atoms with Crippen molar-refractivity contribution in [1.29, 1.82) is 0 Å². The molecule has 1 aliphatic carbocycles. The minimum Gasteiger partial charge on any atom is -0.383 e. The highest BCUT2D eigenvalue weighted by molar-refractivity contribution is 5.16. The third-order valence-corrected chi connectivity index (χ3v) is 3.94. The van der Waals surface area contributed by atoms with Crippen LogP contribution in [0.15, 0.2) is 18.3 Å². The summed E-state index contributed by atoms with van der Waals surface area (Å²) in [6.07, 6.45) is 4.60. The summed E-state index contributed by atoms with van der Waals surface area (Å²) in [7, 11) is 1.76. The summed E-state index contributed by atoms with van der Waals surface area (Å²) in [6, 6.07) is 4.82. The Morgan fingerprint density at radius 3 is 2.95 bits per heavy atom. The summed E-state index contributed by atoms with van der Waals surface area (Å²) >= 11 is 0. The lowest BCUT2D eigenvalue weighted by Crippen LogP contribution is -2.36. The van der Waals surface area contributed by atoms with Crippen molar-refractivity contribution in [3.8, 4) is 0 Å². The van der Waals surface area contributed by atoms with E-state index in [0.29, 0.717) is 12.6 Å². The molecular weight excluding hydrogens is 238 g/mol. The van der Waals surface area contributed by atoms with E-state index in [-0.39, 0.29) is 0 Å². The predicted molar refractivity (Wildman–Crippen MR) is 76.6 cm³/mol. The number of nitrogens with zero attached hydrogens (tertiary/aromatic N) is 2. The molecule has 1 saturated carbocycles. The number of ether oxygens (including phenoxy) is 1. The lowest BCUT2D eigenvalue weighted by molar-refractivity contribution is 0.111. The van der Waals surface area contributed by atoms with Crippen LogP contribution in [-0.4, -0.2) is 36.2 Å². The van der Waals surface area contributed by atoms with Gasteiger partial charge in [-0.3, -0.25) is 9.88 Å². The second-order valence-corrected chi connectivity index (χ2v) is 5.40. The molecule has 0 radical (unpaired) electrons. The number of aromatic nitrogens is 1. The van der Waals surface area contributed by atoms with Crippen LogP contribution in [0.1, 0.15) is 31.0 Å². The van der Waals surface area contributed by atoms with Gasteiger partial charge in [0.05, 0.1) is 12.3 Å². The zero-order valence-corrected chi connectivity index (χ0v) is 12.0. The standard InChI is InChI=1S/C15H25N3O/c1-12(14-3-4-14)18(7-8-19-2)11-13-5-6-17-15(9-13)10-16/h5-6,9,12,14H,3-4,7-8,10-11,16H2,1-2H3. The molecule has 1 fully saturated rings. The molecule has 2 N–H and O–H groups in total. The van der Waals surface area contributed by atoms with E-state index in [2.05, 4.69) is 28.9 Å². The molecule has 0 aromatic carbocycles. The number of pyridine rings is 1. The molecule has 4 heteroatoms. The first-order valence-corrected chi connectivity index (χ1v) is 7.11. The molecule has 1 heterocycles. The Hall–Kier alpha value is -0.970. The van der Waals surface area contributed by atoms with Gasteiger partial charge in [0.15, 0.2) is 0 Å². The van der Waals surface area contributed by atoms with E-state index in [1.54, 1.807) is 7.11 Å². The van der Waals surface area contributed by atoms with Crippen molar-refractivity contribution in [1.82, 2.24) is 9.88 Å². The van der Waals surface area contributed by atoms with Gasteiger partial charge in [0, 0.05) is 39.0 Å². The van der Waals surface area contributed by atoms with E-state index in [9.17, 15) is 0 Å².